The van der Waals surface area contributed by atoms with Crippen LogP contribution >= 0.6 is 22.9 Å². The Bertz CT molecular complexity index is 635. The van der Waals surface area contributed by atoms with E-state index < -0.39 is 0 Å². The second-order valence-electron chi connectivity index (χ2n) is 6.29. The Balaban J connectivity index is 2.07. The van der Waals surface area contributed by atoms with E-state index in [0.29, 0.717) is 10.7 Å². The summed E-state index contributed by atoms with van der Waals surface area (Å²) in [6.45, 7) is 8.91. The van der Waals surface area contributed by atoms with Crippen LogP contribution in [0.25, 0.3) is 10.2 Å². The van der Waals surface area contributed by atoms with E-state index >= 15 is 0 Å². The monoisotopic (exact) mass is 309 g/mol. The van der Waals surface area contributed by atoms with Crippen LogP contribution in [0, 0.1) is 5.41 Å². The molecule has 1 aliphatic heterocycles. The van der Waals surface area contributed by atoms with E-state index in [4.69, 9.17) is 11.6 Å². The highest BCUT2D eigenvalue weighted by molar-refractivity contribution is 7.18. The lowest BCUT2D eigenvalue weighted by Gasteiger charge is -2.38. The van der Waals surface area contributed by atoms with Gasteiger partial charge in [0.25, 0.3) is 0 Å². The van der Waals surface area contributed by atoms with Crippen molar-refractivity contribution >= 4 is 39.0 Å². The van der Waals surface area contributed by atoms with Gasteiger partial charge in [-0.2, -0.15) is 4.98 Å². The van der Waals surface area contributed by atoms with E-state index in [1.165, 1.54) is 17.7 Å². The fourth-order valence-electron chi connectivity index (χ4n) is 2.95. The molecule has 0 aliphatic carbocycles. The van der Waals surface area contributed by atoms with E-state index in [-0.39, 0.29) is 0 Å². The van der Waals surface area contributed by atoms with Gasteiger partial charge in [-0.1, -0.05) is 20.8 Å². The predicted octanol–water partition coefficient (Wildman–Crippen LogP) is 4.53. The summed E-state index contributed by atoms with van der Waals surface area (Å²) in [5.41, 5.74) is 0.339. The SMILES string of the molecule is CCc1cc2c(N3CCCC(C)(C)C3)nc(Cl)nc2s1. The zero-order valence-corrected chi connectivity index (χ0v) is 13.8. The molecule has 1 saturated heterocycles. The van der Waals surface area contributed by atoms with Crippen molar-refractivity contribution in [1.82, 2.24) is 9.97 Å². The number of aryl methyl sites for hydroxylation is 1. The van der Waals surface area contributed by atoms with Gasteiger partial charge in [0.1, 0.15) is 10.6 Å². The summed E-state index contributed by atoms with van der Waals surface area (Å²) >= 11 is 7.85. The number of fused-ring (bicyclic) bond motifs is 1. The van der Waals surface area contributed by atoms with Crippen molar-refractivity contribution in [2.75, 3.05) is 18.0 Å². The van der Waals surface area contributed by atoms with Crippen LogP contribution in [0.15, 0.2) is 6.07 Å². The zero-order chi connectivity index (χ0) is 14.3. The van der Waals surface area contributed by atoms with Crippen LogP contribution < -0.4 is 4.90 Å². The maximum Gasteiger partial charge on any atom is 0.225 e. The molecule has 1 fully saturated rings. The van der Waals surface area contributed by atoms with Gasteiger partial charge in [0, 0.05) is 18.0 Å². The quantitative estimate of drug-likeness (QED) is 0.763. The van der Waals surface area contributed by atoms with E-state index in [2.05, 4.69) is 41.7 Å². The largest absolute Gasteiger partial charge is 0.355 e. The van der Waals surface area contributed by atoms with Gasteiger partial charge >= 0.3 is 0 Å². The topological polar surface area (TPSA) is 29.0 Å². The van der Waals surface area contributed by atoms with Gasteiger partial charge in [0.2, 0.25) is 5.28 Å². The first kappa shape index (κ1) is 14.1. The number of hydrogen-bond acceptors (Lipinski definition) is 4. The van der Waals surface area contributed by atoms with Crippen molar-refractivity contribution in [3.63, 3.8) is 0 Å². The summed E-state index contributed by atoms with van der Waals surface area (Å²) in [4.78, 5) is 13.6. The number of aromatic nitrogens is 2. The smallest absolute Gasteiger partial charge is 0.225 e. The minimum absolute atomic E-state index is 0.339. The minimum Gasteiger partial charge on any atom is -0.355 e. The Kier molecular flexibility index (Phi) is 3.63. The summed E-state index contributed by atoms with van der Waals surface area (Å²) in [7, 11) is 0. The van der Waals surface area contributed by atoms with Crippen LogP contribution in [0.4, 0.5) is 5.82 Å². The molecule has 3 nitrogen and oxygen atoms in total. The van der Waals surface area contributed by atoms with Gasteiger partial charge in [0.05, 0.1) is 5.39 Å². The van der Waals surface area contributed by atoms with Gasteiger partial charge in [-0.3, -0.25) is 0 Å². The van der Waals surface area contributed by atoms with E-state index in [9.17, 15) is 0 Å². The summed E-state index contributed by atoms with van der Waals surface area (Å²) < 4.78 is 0. The number of thiophene rings is 1. The summed E-state index contributed by atoms with van der Waals surface area (Å²) in [6, 6.07) is 2.23. The van der Waals surface area contributed by atoms with E-state index in [0.717, 1.165) is 35.5 Å². The third-order valence-electron chi connectivity index (χ3n) is 3.94. The van der Waals surface area contributed by atoms with Crippen LogP contribution in [0.2, 0.25) is 5.28 Å². The van der Waals surface area contributed by atoms with Gasteiger partial charge in [-0.15, -0.1) is 11.3 Å². The molecule has 2 aromatic heterocycles. The molecule has 0 amide bonds. The third-order valence-corrected chi connectivity index (χ3v) is 5.29. The van der Waals surface area contributed by atoms with Crippen LogP contribution in [0.1, 0.15) is 38.5 Å². The Hall–Kier alpha value is -0.870. The second kappa shape index (κ2) is 5.15. The van der Waals surface area contributed by atoms with Gasteiger partial charge in [0.15, 0.2) is 0 Å². The Labute approximate surface area is 129 Å². The first-order valence-electron chi connectivity index (χ1n) is 7.19. The lowest BCUT2D eigenvalue weighted by molar-refractivity contribution is 0.292. The molecule has 3 rings (SSSR count). The Morgan fingerprint density at radius 3 is 2.90 bits per heavy atom. The van der Waals surface area contributed by atoms with Gasteiger partial charge < -0.3 is 4.90 Å². The molecular formula is C15H20ClN3S. The number of rotatable bonds is 2. The van der Waals surface area contributed by atoms with Gasteiger partial charge in [-0.05, 0) is 42.3 Å². The molecule has 0 bridgehead atoms. The van der Waals surface area contributed by atoms with Crippen molar-refractivity contribution in [1.29, 1.82) is 0 Å². The highest BCUT2D eigenvalue weighted by Gasteiger charge is 2.28. The van der Waals surface area contributed by atoms with Crippen LogP contribution in [-0.2, 0) is 6.42 Å². The maximum atomic E-state index is 6.12. The lowest BCUT2D eigenvalue weighted by Crippen LogP contribution is -2.40. The van der Waals surface area contributed by atoms with Crippen LogP contribution in [-0.4, -0.2) is 23.1 Å². The summed E-state index contributed by atoms with van der Waals surface area (Å²) in [6.07, 6.45) is 3.51. The molecule has 0 spiro atoms. The van der Waals surface area contributed by atoms with Crippen molar-refractivity contribution in [2.45, 2.75) is 40.0 Å². The highest BCUT2D eigenvalue weighted by Crippen LogP contribution is 2.36. The molecule has 0 N–H and O–H groups in total. The molecule has 108 valence electrons. The maximum absolute atomic E-state index is 6.12. The van der Waals surface area contributed by atoms with Crippen molar-refractivity contribution in [3.8, 4) is 0 Å². The van der Waals surface area contributed by atoms with Gasteiger partial charge in [-0.25, -0.2) is 4.98 Å². The first-order valence-corrected chi connectivity index (χ1v) is 8.39. The minimum atomic E-state index is 0.339. The summed E-state index contributed by atoms with van der Waals surface area (Å²) in [5.74, 6) is 1.02. The molecule has 2 aromatic rings. The van der Waals surface area contributed by atoms with Crippen LogP contribution in [0.5, 0.6) is 0 Å². The fraction of sp³-hybridized carbons (Fsp3) is 0.600. The fourth-order valence-corrected chi connectivity index (χ4v) is 4.13. The molecule has 0 aromatic carbocycles. The normalized spacial score (nSPS) is 18.7. The zero-order valence-electron chi connectivity index (χ0n) is 12.2. The number of halogens is 1. The summed E-state index contributed by atoms with van der Waals surface area (Å²) in [5, 5.41) is 1.52. The molecule has 0 radical (unpaired) electrons. The van der Waals surface area contributed by atoms with E-state index in [1.54, 1.807) is 11.3 Å². The van der Waals surface area contributed by atoms with E-state index in [1.807, 2.05) is 0 Å². The number of nitrogens with zero attached hydrogens (tertiary/aromatic N) is 3. The molecule has 3 heterocycles. The Morgan fingerprint density at radius 2 is 2.20 bits per heavy atom. The van der Waals surface area contributed by atoms with Crippen molar-refractivity contribution in [2.24, 2.45) is 5.41 Å². The number of piperidine rings is 1. The molecule has 0 unspecified atom stereocenters. The van der Waals surface area contributed by atoms with Crippen LogP contribution in [0.3, 0.4) is 0 Å². The van der Waals surface area contributed by atoms with Crippen molar-refractivity contribution in [3.05, 3.63) is 16.2 Å². The second-order valence-corrected chi connectivity index (χ2v) is 7.74. The molecule has 20 heavy (non-hydrogen) atoms. The average molecular weight is 310 g/mol. The molecule has 5 heteroatoms. The van der Waals surface area contributed by atoms with Crippen molar-refractivity contribution < 1.29 is 0 Å². The predicted molar refractivity (Wildman–Crippen MR) is 87.0 cm³/mol. The Morgan fingerprint density at radius 1 is 1.40 bits per heavy atom. The standard InChI is InChI=1S/C15H20ClN3S/c1-4-10-8-11-12(17-14(16)18-13(11)20-10)19-7-5-6-15(2,3)9-19/h8H,4-7,9H2,1-3H3. The average Bonchev–Trinajstić information content (AvgIpc) is 2.79. The molecule has 0 saturated carbocycles. The third kappa shape index (κ3) is 2.63. The molecular weight excluding hydrogens is 290 g/mol. The highest BCUT2D eigenvalue weighted by atomic mass is 35.5. The molecule has 1 aliphatic rings. The lowest BCUT2D eigenvalue weighted by atomic mass is 9.84. The first-order chi connectivity index (χ1) is 9.48. The number of anilines is 1. The molecule has 0 atom stereocenters. The number of hydrogen-bond donors (Lipinski definition) is 0.